The maximum Gasteiger partial charge on any atom is 0.256 e. The second-order valence-electron chi connectivity index (χ2n) is 7.29. The minimum absolute atomic E-state index is 0.0140. The Balaban J connectivity index is 1.56. The minimum Gasteiger partial charge on any atom is -0.362 e. The molecule has 0 radical (unpaired) electrons. The van der Waals surface area contributed by atoms with E-state index in [2.05, 4.69) is 4.90 Å². The molecular weight excluding hydrogens is 294 g/mol. The van der Waals surface area contributed by atoms with Crippen molar-refractivity contribution < 1.29 is 14.3 Å². The lowest BCUT2D eigenvalue weighted by Gasteiger charge is -2.44. The third-order valence-electron chi connectivity index (χ3n) is 5.58. The van der Waals surface area contributed by atoms with Crippen LogP contribution < -0.4 is 0 Å². The fourth-order valence-corrected chi connectivity index (χ4v) is 4.14. The molecule has 0 bridgehead atoms. The van der Waals surface area contributed by atoms with E-state index >= 15 is 0 Å². The molecule has 1 atom stereocenters. The molecule has 2 amide bonds. The summed E-state index contributed by atoms with van der Waals surface area (Å²) in [5, 5.41) is 0. The van der Waals surface area contributed by atoms with Crippen molar-refractivity contribution in [2.75, 3.05) is 45.9 Å². The molecule has 0 saturated carbocycles. The predicted molar refractivity (Wildman–Crippen MR) is 87.0 cm³/mol. The zero-order chi connectivity index (χ0) is 16.4. The summed E-state index contributed by atoms with van der Waals surface area (Å²) in [4.78, 5) is 30.8. The van der Waals surface area contributed by atoms with Crippen molar-refractivity contribution in [2.45, 2.75) is 51.2 Å². The van der Waals surface area contributed by atoms with E-state index < -0.39 is 5.60 Å². The quantitative estimate of drug-likeness (QED) is 0.751. The van der Waals surface area contributed by atoms with Crippen molar-refractivity contribution in [3.05, 3.63) is 0 Å². The summed E-state index contributed by atoms with van der Waals surface area (Å²) in [5.74, 6) is 0.0587. The summed E-state index contributed by atoms with van der Waals surface area (Å²) in [6, 6.07) is 0.635. The molecule has 3 aliphatic rings. The van der Waals surface area contributed by atoms with Crippen LogP contribution in [0, 0.1) is 0 Å². The highest BCUT2D eigenvalue weighted by atomic mass is 16.5. The van der Waals surface area contributed by atoms with Crippen LogP contribution in [0.4, 0.5) is 0 Å². The zero-order valence-electron chi connectivity index (χ0n) is 14.4. The van der Waals surface area contributed by atoms with Gasteiger partial charge in [0, 0.05) is 32.6 Å². The lowest BCUT2D eigenvalue weighted by Crippen LogP contribution is -2.61. The number of rotatable bonds is 2. The minimum atomic E-state index is -0.885. The molecule has 130 valence electrons. The van der Waals surface area contributed by atoms with E-state index in [9.17, 15) is 9.59 Å². The molecule has 3 heterocycles. The fraction of sp³-hybridized carbons (Fsp3) is 0.882. The number of carbonyl (C=O) groups excluding carboxylic acids is 2. The summed E-state index contributed by atoms with van der Waals surface area (Å²) in [6.45, 7) is 8.81. The van der Waals surface area contributed by atoms with Crippen molar-refractivity contribution in [2.24, 2.45) is 0 Å². The van der Waals surface area contributed by atoms with Gasteiger partial charge in [0.1, 0.15) is 0 Å². The first-order chi connectivity index (χ1) is 11.0. The van der Waals surface area contributed by atoms with Gasteiger partial charge in [-0.2, -0.15) is 0 Å². The van der Waals surface area contributed by atoms with Crippen molar-refractivity contribution in [1.29, 1.82) is 0 Å². The van der Waals surface area contributed by atoms with E-state index in [0.29, 0.717) is 25.7 Å². The van der Waals surface area contributed by atoms with Gasteiger partial charge in [-0.15, -0.1) is 0 Å². The highest BCUT2D eigenvalue weighted by Gasteiger charge is 2.43. The molecule has 0 spiro atoms. The monoisotopic (exact) mass is 323 g/mol. The normalized spacial score (nSPS) is 30.7. The van der Waals surface area contributed by atoms with Crippen LogP contribution in [0.3, 0.4) is 0 Å². The molecule has 23 heavy (non-hydrogen) atoms. The van der Waals surface area contributed by atoms with Gasteiger partial charge in [-0.25, -0.2) is 0 Å². The van der Waals surface area contributed by atoms with Crippen LogP contribution in [-0.4, -0.2) is 84.0 Å². The van der Waals surface area contributed by atoms with E-state index in [-0.39, 0.29) is 11.8 Å². The second kappa shape index (κ2) is 6.77. The van der Waals surface area contributed by atoms with Gasteiger partial charge in [0.15, 0.2) is 5.60 Å². The number of ether oxygens (including phenoxy) is 1. The van der Waals surface area contributed by atoms with Crippen LogP contribution in [0.2, 0.25) is 0 Å². The van der Waals surface area contributed by atoms with Crippen LogP contribution >= 0.6 is 0 Å². The van der Waals surface area contributed by atoms with Gasteiger partial charge >= 0.3 is 0 Å². The number of hydrogen-bond acceptors (Lipinski definition) is 4. The van der Waals surface area contributed by atoms with Gasteiger partial charge < -0.3 is 19.4 Å². The Kier molecular flexibility index (Phi) is 4.92. The first-order valence-electron chi connectivity index (χ1n) is 8.92. The first-order valence-corrected chi connectivity index (χ1v) is 8.92. The van der Waals surface area contributed by atoms with E-state index in [1.165, 1.54) is 25.9 Å². The molecule has 0 aromatic rings. The van der Waals surface area contributed by atoms with Crippen molar-refractivity contribution >= 4 is 11.8 Å². The molecule has 1 unspecified atom stereocenters. The van der Waals surface area contributed by atoms with Crippen LogP contribution in [0.25, 0.3) is 0 Å². The summed E-state index contributed by atoms with van der Waals surface area (Å²) >= 11 is 0. The van der Waals surface area contributed by atoms with Crippen LogP contribution in [0.5, 0.6) is 0 Å². The topological polar surface area (TPSA) is 53.1 Å². The summed E-state index contributed by atoms with van der Waals surface area (Å²) in [5.41, 5.74) is -0.885. The average molecular weight is 323 g/mol. The third-order valence-corrected chi connectivity index (χ3v) is 5.58. The number of hydrogen-bond donors (Lipinski definition) is 0. The van der Waals surface area contributed by atoms with Gasteiger partial charge in [-0.1, -0.05) is 0 Å². The molecule has 3 rings (SSSR count). The van der Waals surface area contributed by atoms with Gasteiger partial charge in [-0.05, 0) is 45.7 Å². The summed E-state index contributed by atoms with van der Waals surface area (Å²) < 4.78 is 5.79. The van der Waals surface area contributed by atoms with Crippen molar-refractivity contribution in [1.82, 2.24) is 14.7 Å². The largest absolute Gasteiger partial charge is 0.362 e. The van der Waals surface area contributed by atoms with Crippen molar-refractivity contribution in [3.8, 4) is 0 Å². The van der Waals surface area contributed by atoms with E-state index in [0.717, 1.165) is 25.9 Å². The van der Waals surface area contributed by atoms with Gasteiger partial charge in [-0.3, -0.25) is 9.59 Å². The number of morpholine rings is 1. The lowest BCUT2D eigenvalue weighted by molar-refractivity contribution is -0.172. The summed E-state index contributed by atoms with van der Waals surface area (Å²) in [7, 11) is 0. The number of amides is 2. The molecule has 3 aliphatic heterocycles. The summed E-state index contributed by atoms with van der Waals surface area (Å²) in [6.07, 6.45) is 4.73. The van der Waals surface area contributed by atoms with E-state index in [1.54, 1.807) is 11.8 Å². The Bertz CT molecular complexity index is 456. The Hall–Kier alpha value is -1.14. The Morgan fingerprint density at radius 3 is 2.26 bits per heavy atom. The molecule has 0 aliphatic carbocycles. The van der Waals surface area contributed by atoms with E-state index in [4.69, 9.17) is 4.74 Å². The molecule has 0 aromatic carbocycles. The van der Waals surface area contributed by atoms with Crippen LogP contribution in [0.1, 0.15) is 39.5 Å². The SMILES string of the molecule is CC(=O)N1CCOC(C)(C(=O)N2CCC(N3CCCC3)CC2)C1. The number of likely N-dealkylation sites (tertiary alicyclic amines) is 2. The molecule has 0 N–H and O–H groups in total. The van der Waals surface area contributed by atoms with Gasteiger partial charge in [0.05, 0.1) is 13.2 Å². The number of carbonyl (C=O) groups is 2. The molecule has 3 fully saturated rings. The van der Waals surface area contributed by atoms with Gasteiger partial charge in [0.25, 0.3) is 5.91 Å². The number of nitrogens with zero attached hydrogens (tertiary/aromatic N) is 3. The molecule has 3 saturated heterocycles. The zero-order valence-corrected chi connectivity index (χ0v) is 14.4. The van der Waals surface area contributed by atoms with E-state index in [1.807, 2.05) is 11.8 Å². The molecule has 6 heteroatoms. The van der Waals surface area contributed by atoms with Gasteiger partial charge in [0.2, 0.25) is 5.91 Å². The second-order valence-corrected chi connectivity index (χ2v) is 7.29. The Labute approximate surface area is 138 Å². The number of piperidine rings is 1. The fourth-order valence-electron chi connectivity index (χ4n) is 4.14. The third kappa shape index (κ3) is 3.53. The standard InChI is InChI=1S/C17H29N3O3/c1-14(21)20-11-12-23-17(2,13-20)16(22)19-9-5-15(6-10-19)18-7-3-4-8-18/h15H,3-13H2,1-2H3. The first kappa shape index (κ1) is 16.7. The molecule has 0 aromatic heterocycles. The Morgan fingerprint density at radius 1 is 1.00 bits per heavy atom. The maximum absolute atomic E-state index is 12.9. The maximum atomic E-state index is 12.9. The smallest absolute Gasteiger partial charge is 0.256 e. The predicted octanol–water partition coefficient (Wildman–Crippen LogP) is 0.711. The molecular formula is C17H29N3O3. The average Bonchev–Trinajstić information content (AvgIpc) is 3.09. The van der Waals surface area contributed by atoms with Crippen LogP contribution in [-0.2, 0) is 14.3 Å². The van der Waals surface area contributed by atoms with Crippen molar-refractivity contribution in [3.63, 3.8) is 0 Å². The Morgan fingerprint density at radius 2 is 1.65 bits per heavy atom. The highest BCUT2D eigenvalue weighted by Crippen LogP contribution is 2.25. The van der Waals surface area contributed by atoms with Crippen LogP contribution in [0.15, 0.2) is 0 Å². The lowest BCUT2D eigenvalue weighted by atomic mass is 9.98. The highest BCUT2D eigenvalue weighted by molar-refractivity contribution is 5.86. The molecule has 6 nitrogen and oxygen atoms in total.